The fourth-order valence-electron chi connectivity index (χ4n) is 1.81. The normalized spacial score (nSPS) is 11.4. The maximum absolute atomic E-state index is 11.7. The number of amides is 1. The summed E-state index contributed by atoms with van der Waals surface area (Å²) in [4.78, 5) is 11.2. The van der Waals surface area contributed by atoms with Gasteiger partial charge < -0.3 is 10.1 Å². The van der Waals surface area contributed by atoms with E-state index in [1.807, 2.05) is 30.3 Å². The number of carbonyl (C=O) groups excluding carboxylic acids is 1. The Labute approximate surface area is 126 Å². The van der Waals surface area contributed by atoms with Gasteiger partial charge in [-0.05, 0) is 18.9 Å². The second-order valence-electron chi connectivity index (χ2n) is 4.54. The van der Waals surface area contributed by atoms with Gasteiger partial charge in [0, 0.05) is 19.6 Å². The van der Waals surface area contributed by atoms with Crippen LogP contribution in [0.5, 0.6) is 0 Å². The molecule has 0 fully saturated rings. The Bertz CT molecular complexity index is 531. The van der Waals surface area contributed by atoms with Crippen molar-refractivity contribution < 1.29 is 17.9 Å². The molecule has 0 aliphatic heterocycles. The van der Waals surface area contributed by atoms with Crippen molar-refractivity contribution in [3.63, 3.8) is 0 Å². The maximum atomic E-state index is 11.7. The SMILES string of the molecule is CCOC(=O)NCCN(CCc1ccccc1)S(C)(=O)=O. The lowest BCUT2D eigenvalue weighted by molar-refractivity contribution is 0.151. The summed E-state index contributed by atoms with van der Waals surface area (Å²) in [5.41, 5.74) is 1.07. The molecule has 1 aromatic carbocycles. The molecule has 0 aliphatic carbocycles. The van der Waals surface area contributed by atoms with Gasteiger partial charge in [0.15, 0.2) is 0 Å². The first-order valence-electron chi connectivity index (χ1n) is 6.83. The first kappa shape index (κ1) is 17.5. The van der Waals surface area contributed by atoms with Crippen LogP contribution in [0.1, 0.15) is 12.5 Å². The third kappa shape index (κ3) is 7.10. The lowest BCUT2D eigenvalue weighted by Crippen LogP contribution is -2.39. The minimum Gasteiger partial charge on any atom is -0.450 e. The molecule has 0 aliphatic rings. The van der Waals surface area contributed by atoms with Gasteiger partial charge in [-0.2, -0.15) is 0 Å². The Morgan fingerprint density at radius 3 is 2.48 bits per heavy atom. The van der Waals surface area contributed by atoms with E-state index < -0.39 is 16.1 Å². The summed E-state index contributed by atoms with van der Waals surface area (Å²) < 4.78 is 29.5. The summed E-state index contributed by atoms with van der Waals surface area (Å²) in [5, 5.41) is 2.52. The highest BCUT2D eigenvalue weighted by molar-refractivity contribution is 7.88. The van der Waals surface area contributed by atoms with Crippen LogP contribution in [0, 0.1) is 0 Å². The van der Waals surface area contributed by atoms with E-state index in [0.29, 0.717) is 13.0 Å². The molecule has 1 rings (SSSR count). The van der Waals surface area contributed by atoms with Crippen LogP contribution in [0.4, 0.5) is 4.79 Å². The molecule has 0 saturated heterocycles. The number of ether oxygens (including phenoxy) is 1. The monoisotopic (exact) mass is 314 g/mol. The molecule has 0 aromatic heterocycles. The average Bonchev–Trinajstić information content (AvgIpc) is 2.42. The third-order valence-electron chi connectivity index (χ3n) is 2.87. The molecule has 0 bridgehead atoms. The number of benzene rings is 1. The van der Waals surface area contributed by atoms with Crippen molar-refractivity contribution in [3.05, 3.63) is 35.9 Å². The lowest BCUT2D eigenvalue weighted by Gasteiger charge is -2.20. The standard InChI is InChI=1S/C14H22N2O4S/c1-3-20-14(17)15-10-12-16(21(2,18)19)11-9-13-7-5-4-6-8-13/h4-8H,3,9-12H2,1-2H3,(H,15,17). The van der Waals surface area contributed by atoms with E-state index in [0.717, 1.165) is 5.56 Å². The highest BCUT2D eigenvalue weighted by Crippen LogP contribution is 2.04. The zero-order valence-corrected chi connectivity index (χ0v) is 13.2. The smallest absolute Gasteiger partial charge is 0.407 e. The minimum absolute atomic E-state index is 0.223. The molecule has 118 valence electrons. The zero-order valence-electron chi connectivity index (χ0n) is 12.4. The zero-order chi connectivity index (χ0) is 15.7. The van der Waals surface area contributed by atoms with Gasteiger partial charge in [0.05, 0.1) is 12.9 Å². The highest BCUT2D eigenvalue weighted by Gasteiger charge is 2.16. The van der Waals surface area contributed by atoms with Crippen LogP contribution in [-0.4, -0.2) is 51.3 Å². The number of nitrogens with one attached hydrogen (secondary N) is 1. The molecule has 0 saturated carbocycles. The number of hydrogen-bond donors (Lipinski definition) is 1. The van der Waals surface area contributed by atoms with Crippen LogP contribution in [0.3, 0.4) is 0 Å². The number of nitrogens with zero attached hydrogens (tertiary/aromatic N) is 1. The van der Waals surface area contributed by atoms with E-state index in [-0.39, 0.29) is 19.7 Å². The number of carbonyl (C=O) groups is 1. The molecule has 0 spiro atoms. The Balaban J connectivity index is 2.47. The van der Waals surface area contributed by atoms with E-state index in [9.17, 15) is 13.2 Å². The van der Waals surface area contributed by atoms with Crippen LogP contribution in [0.25, 0.3) is 0 Å². The van der Waals surface area contributed by atoms with E-state index in [4.69, 9.17) is 4.74 Å². The van der Waals surface area contributed by atoms with Gasteiger partial charge in [-0.15, -0.1) is 0 Å². The largest absolute Gasteiger partial charge is 0.450 e. The van der Waals surface area contributed by atoms with E-state index in [1.165, 1.54) is 10.6 Å². The first-order chi connectivity index (χ1) is 9.93. The summed E-state index contributed by atoms with van der Waals surface area (Å²) >= 11 is 0. The number of sulfonamides is 1. The van der Waals surface area contributed by atoms with Gasteiger partial charge >= 0.3 is 6.09 Å². The predicted octanol–water partition coefficient (Wildman–Crippen LogP) is 1.24. The average molecular weight is 314 g/mol. The molecule has 1 N–H and O–H groups in total. The fourth-order valence-corrected chi connectivity index (χ4v) is 2.65. The highest BCUT2D eigenvalue weighted by atomic mass is 32.2. The van der Waals surface area contributed by atoms with Gasteiger partial charge in [-0.25, -0.2) is 17.5 Å². The molecule has 0 atom stereocenters. The molecule has 1 aromatic rings. The van der Waals surface area contributed by atoms with Gasteiger partial charge in [-0.1, -0.05) is 30.3 Å². The van der Waals surface area contributed by atoms with Gasteiger partial charge in [0.25, 0.3) is 0 Å². The molecule has 0 heterocycles. The molecule has 21 heavy (non-hydrogen) atoms. The number of rotatable bonds is 8. The predicted molar refractivity (Wildman–Crippen MR) is 81.6 cm³/mol. The summed E-state index contributed by atoms with van der Waals surface area (Å²) in [5.74, 6) is 0. The van der Waals surface area contributed by atoms with Crippen LogP contribution >= 0.6 is 0 Å². The van der Waals surface area contributed by atoms with Crippen molar-refractivity contribution in [1.29, 1.82) is 0 Å². The summed E-state index contributed by atoms with van der Waals surface area (Å²) in [6.07, 6.45) is 1.27. The van der Waals surface area contributed by atoms with Crippen LogP contribution in [0.2, 0.25) is 0 Å². The fraction of sp³-hybridized carbons (Fsp3) is 0.500. The van der Waals surface area contributed by atoms with Gasteiger partial charge in [0.1, 0.15) is 0 Å². The summed E-state index contributed by atoms with van der Waals surface area (Å²) in [7, 11) is -3.30. The van der Waals surface area contributed by atoms with Crippen LogP contribution < -0.4 is 5.32 Å². The second kappa shape index (κ2) is 8.63. The van der Waals surface area contributed by atoms with Crippen molar-refractivity contribution in [3.8, 4) is 0 Å². The molecule has 0 unspecified atom stereocenters. The Morgan fingerprint density at radius 2 is 1.90 bits per heavy atom. The topological polar surface area (TPSA) is 75.7 Å². The van der Waals surface area contributed by atoms with E-state index in [2.05, 4.69) is 5.32 Å². The van der Waals surface area contributed by atoms with Crippen molar-refractivity contribution >= 4 is 16.1 Å². The second-order valence-corrected chi connectivity index (χ2v) is 6.53. The maximum Gasteiger partial charge on any atom is 0.407 e. The van der Waals surface area contributed by atoms with Crippen LogP contribution in [-0.2, 0) is 21.2 Å². The van der Waals surface area contributed by atoms with Gasteiger partial charge in [0.2, 0.25) is 10.0 Å². The Morgan fingerprint density at radius 1 is 1.24 bits per heavy atom. The molecule has 6 nitrogen and oxygen atoms in total. The Kier molecular flexibility index (Phi) is 7.18. The summed E-state index contributed by atoms with van der Waals surface area (Å²) in [6.45, 7) is 2.83. The third-order valence-corrected chi connectivity index (χ3v) is 4.17. The van der Waals surface area contributed by atoms with E-state index >= 15 is 0 Å². The van der Waals surface area contributed by atoms with Crippen molar-refractivity contribution in [2.24, 2.45) is 0 Å². The number of hydrogen-bond acceptors (Lipinski definition) is 4. The quantitative estimate of drug-likeness (QED) is 0.783. The van der Waals surface area contributed by atoms with E-state index in [1.54, 1.807) is 6.92 Å². The van der Waals surface area contributed by atoms with Crippen molar-refractivity contribution in [2.45, 2.75) is 13.3 Å². The minimum atomic E-state index is -3.30. The first-order valence-corrected chi connectivity index (χ1v) is 8.68. The molecule has 0 radical (unpaired) electrons. The van der Waals surface area contributed by atoms with Crippen molar-refractivity contribution in [1.82, 2.24) is 9.62 Å². The molecular weight excluding hydrogens is 292 g/mol. The molecule has 7 heteroatoms. The van der Waals surface area contributed by atoms with Gasteiger partial charge in [-0.3, -0.25) is 0 Å². The Hall–Kier alpha value is -1.60. The number of alkyl carbamates (subject to hydrolysis) is 1. The van der Waals surface area contributed by atoms with Crippen molar-refractivity contribution in [2.75, 3.05) is 32.5 Å². The lowest BCUT2D eigenvalue weighted by atomic mass is 10.1. The summed E-state index contributed by atoms with van der Waals surface area (Å²) in [6, 6.07) is 9.67. The van der Waals surface area contributed by atoms with Crippen LogP contribution in [0.15, 0.2) is 30.3 Å². The molecule has 1 amide bonds. The molecular formula is C14H22N2O4S.